The van der Waals surface area contributed by atoms with Crippen molar-refractivity contribution in [3.05, 3.63) is 46.2 Å². The van der Waals surface area contributed by atoms with E-state index < -0.39 is 6.10 Å². The number of fused-ring (bicyclic) bond motifs is 1. The minimum atomic E-state index is -0.471. The van der Waals surface area contributed by atoms with E-state index in [1.807, 2.05) is 29.2 Å². The van der Waals surface area contributed by atoms with E-state index in [2.05, 4.69) is 30.2 Å². The van der Waals surface area contributed by atoms with E-state index in [-0.39, 0.29) is 11.9 Å². The summed E-state index contributed by atoms with van der Waals surface area (Å²) in [5.41, 5.74) is 1.17. The van der Waals surface area contributed by atoms with Crippen molar-refractivity contribution in [2.45, 2.75) is 39.3 Å². The lowest BCUT2D eigenvalue weighted by Gasteiger charge is -2.37. The van der Waals surface area contributed by atoms with Crippen LogP contribution in [0.4, 0.5) is 0 Å². The molecule has 0 fully saturated rings. The molecule has 6 nitrogen and oxygen atoms in total. The number of carbonyl (C=O) groups is 1. The molecular formula is C24H34N2O4S. The van der Waals surface area contributed by atoms with Gasteiger partial charge in [0.15, 0.2) is 11.5 Å². The van der Waals surface area contributed by atoms with Crippen LogP contribution in [0.3, 0.4) is 0 Å². The summed E-state index contributed by atoms with van der Waals surface area (Å²) >= 11 is 1.74. The van der Waals surface area contributed by atoms with Gasteiger partial charge in [0, 0.05) is 24.5 Å². The van der Waals surface area contributed by atoms with E-state index in [0.29, 0.717) is 43.7 Å². The number of aliphatic hydroxyl groups is 1. The highest BCUT2D eigenvalue weighted by Gasteiger charge is 2.33. The summed E-state index contributed by atoms with van der Waals surface area (Å²) in [4.78, 5) is 18.7. The first-order chi connectivity index (χ1) is 14.9. The third-order valence-electron chi connectivity index (χ3n) is 5.39. The van der Waals surface area contributed by atoms with Crippen LogP contribution in [0.2, 0.25) is 0 Å². The van der Waals surface area contributed by atoms with Gasteiger partial charge >= 0.3 is 0 Å². The van der Waals surface area contributed by atoms with Crippen molar-refractivity contribution in [3.8, 4) is 11.5 Å². The Morgan fingerprint density at radius 1 is 1.23 bits per heavy atom. The van der Waals surface area contributed by atoms with Gasteiger partial charge in [-0.3, -0.25) is 9.69 Å². The molecular weight excluding hydrogens is 412 g/mol. The number of hydrogen-bond donors (Lipinski definition) is 1. The average molecular weight is 447 g/mol. The zero-order chi connectivity index (χ0) is 22.4. The molecule has 0 spiro atoms. The molecule has 0 radical (unpaired) electrons. The molecule has 1 aromatic carbocycles. The predicted molar refractivity (Wildman–Crippen MR) is 124 cm³/mol. The molecule has 1 N–H and O–H groups in total. The third kappa shape index (κ3) is 6.21. The fourth-order valence-corrected chi connectivity index (χ4v) is 5.09. The van der Waals surface area contributed by atoms with Gasteiger partial charge in [-0.05, 0) is 48.4 Å². The monoisotopic (exact) mass is 446 g/mol. The Labute approximate surface area is 189 Å². The first-order valence-electron chi connectivity index (χ1n) is 10.9. The van der Waals surface area contributed by atoms with Crippen LogP contribution in [-0.4, -0.2) is 66.8 Å². The number of aliphatic hydroxyl groups excluding tert-OH is 1. The molecule has 1 aliphatic rings. The Balaban J connectivity index is 1.76. The van der Waals surface area contributed by atoms with Crippen LogP contribution >= 0.6 is 11.3 Å². The standard InChI is InChI=1S/C24H34N2O4S/c1-17(2)13-25(14-18(3)27)15-24(28)26-11-9-23-19(10-12-31-23)20(26)16-30-22-8-6-5-7-21(22)29-4/h5-8,10,12,17-18,20,27H,9,11,13-16H2,1-4H3. The number of benzene rings is 1. The molecule has 0 saturated carbocycles. The molecule has 7 heteroatoms. The van der Waals surface area contributed by atoms with Gasteiger partial charge < -0.3 is 19.5 Å². The maximum atomic E-state index is 13.4. The molecule has 170 valence electrons. The number of carbonyl (C=O) groups excluding carboxylic acids is 1. The summed E-state index contributed by atoms with van der Waals surface area (Å²) in [7, 11) is 1.63. The van der Waals surface area contributed by atoms with E-state index >= 15 is 0 Å². The van der Waals surface area contributed by atoms with Crippen molar-refractivity contribution in [1.82, 2.24) is 9.80 Å². The quantitative estimate of drug-likeness (QED) is 0.604. The highest BCUT2D eigenvalue weighted by molar-refractivity contribution is 7.10. The van der Waals surface area contributed by atoms with Crippen LogP contribution in [0.5, 0.6) is 11.5 Å². The number of thiophene rings is 1. The molecule has 1 amide bonds. The third-order valence-corrected chi connectivity index (χ3v) is 6.38. The molecule has 3 rings (SSSR count). The Kier molecular flexibility index (Phi) is 8.35. The van der Waals surface area contributed by atoms with E-state index in [9.17, 15) is 9.90 Å². The molecule has 1 aromatic heterocycles. The van der Waals surface area contributed by atoms with Gasteiger partial charge in [-0.2, -0.15) is 0 Å². The molecule has 2 unspecified atom stereocenters. The van der Waals surface area contributed by atoms with Gasteiger partial charge in [0.2, 0.25) is 5.91 Å². The Bertz CT molecular complexity index is 842. The van der Waals surface area contributed by atoms with Crippen molar-refractivity contribution in [1.29, 1.82) is 0 Å². The van der Waals surface area contributed by atoms with E-state index in [0.717, 1.165) is 13.0 Å². The van der Waals surface area contributed by atoms with Crippen LogP contribution in [-0.2, 0) is 11.2 Å². The van der Waals surface area contributed by atoms with Crippen molar-refractivity contribution < 1.29 is 19.4 Å². The van der Waals surface area contributed by atoms with Crippen molar-refractivity contribution in [2.75, 3.05) is 39.9 Å². The lowest BCUT2D eigenvalue weighted by atomic mass is 10.00. The molecule has 2 aromatic rings. The highest BCUT2D eigenvalue weighted by atomic mass is 32.1. The van der Waals surface area contributed by atoms with E-state index in [1.165, 1.54) is 10.4 Å². The Morgan fingerprint density at radius 3 is 2.65 bits per heavy atom. The summed E-state index contributed by atoms with van der Waals surface area (Å²) in [5.74, 6) is 1.85. The molecule has 31 heavy (non-hydrogen) atoms. The first-order valence-corrected chi connectivity index (χ1v) is 11.8. The van der Waals surface area contributed by atoms with Gasteiger partial charge in [-0.25, -0.2) is 0 Å². The summed E-state index contributed by atoms with van der Waals surface area (Å²) in [6.45, 7) is 8.63. The number of para-hydroxylation sites is 2. The minimum Gasteiger partial charge on any atom is -0.493 e. The Morgan fingerprint density at radius 2 is 1.97 bits per heavy atom. The molecule has 0 saturated heterocycles. The lowest BCUT2D eigenvalue weighted by Crippen LogP contribution is -2.48. The number of ether oxygens (including phenoxy) is 2. The SMILES string of the molecule is COc1ccccc1OCC1c2ccsc2CCN1C(=O)CN(CC(C)C)CC(C)O. The number of amides is 1. The van der Waals surface area contributed by atoms with Crippen molar-refractivity contribution >= 4 is 17.2 Å². The molecule has 0 aliphatic carbocycles. The second kappa shape index (κ2) is 11.0. The summed E-state index contributed by atoms with van der Waals surface area (Å²) < 4.78 is 11.5. The second-order valence-corrected chi connectivity index (χ2v) is 9.55. The van der Waals surface area contributed by atoms with Crippen molar-refractivity contribution in [2.24, 2.45) is 5.92 Å². The van der Waals surface area contributed by atoms with Gasteiger partial charge in [0.25, 0.3) is 0 Å². The van der Waals surface area contributed by atoms with Gasteiger partial charge in [0.1, 0.15) is 6.61 Å². The zero-order valence-electron chi connectivity index (χ0n) is 18.9. The number of nitrogens with zero attached hydrogens (tertiary/aromatic N) is 2. The number of rotatable bonds is 10. The van der Waals surface area contributed by atoms with Crippen LogP contribution in [0.25, 0.3) is 0 Å². The smallest absolute Gasteiger partial charge is 0.237 e. The van der Waals surface area contributed by atoms with Crippen LogP contribution in [0.15, 0.2) is 35.7 Å². The largest absolute Gasteiger partial charge is 0.493 e. The summed E-state index contributed by atoms with van der Waals surface area (Å²) in [6.07, 6.45) is 0.394. The van der Waals surface area contributed by atoms with E-state index in [4.69, 9.17) is 9.47 Å². The predicted octanol–water partition coefficient (Wildman–Crippen LogP) is 3.60. The van der Waals surface area contributed by atoms with Crippen LogP contribution in [0.1, 0.15) is 37.3 Å². The maximum Gasteiger partial charge on any atom is 0.237 e. The first kappa shape index (κ1) is 23.6. The highest BCUT2D eigenvalue weighted by Crippen LogP contribution is 2.35. The number of hydrogen-bond acceptors (Lipinski definition) is 6. The van der Waals surface area contributed by atoms with E-state index in [1.54, 1.807) is 25.4 Å². The van der Waals surface area contributed by atoms with Crippen molar-refractivity contribution in [3.63, 3.8) is 0 Å². The molecule has 0 bridgehead atoms. The zero-order valence-corrected chi connectivity index (χ0v) is 19.7. The van der Waals surface area contributed by atoms with Gasteiger partial charge in [-0.15, -0.1) is 11.3 Å². The molecule has 2 atom stereocenters. The Hall–Kier alpha value is -2.09. The number of methoxy groups -OCH3 is 1. The second-order valence-electron chi connectivity index (χ2n) is 8.55. The minimum absolute atomic E-state index is 0.0757. The van der Waals surface area contributed by atoms with Crippen LogP contribution < -0.4 is 9.47 Å². The molecule has 1 aliphatic heterocycles. The maximum absolute atomic E-state index is 13.4. The fraction of sp³-hybridized carbons (Fsp3) is 0.542. The average Bonchev–Trinajstić information content (AvgIpc) is 3.20. The molecule has 2 heterocycles. The lowest BCUT2D eigenvalue weighted by molar-refractivity contribution is -0.136. The summed E-state index contributed by atoms with van der Waals surface area (Å²) in [5, 5.41) is 12.0. The normalized spacial score (nSPS) is 17.0. The topological polar surface area (TPSA) is 62.2 Å². The summed E-state index contributed by atoms with van der Waals surface area (Å²) in [6, 6.07) is 9.55. The van der Waals surface area contributed by atoms with Gasteiger partial charge in [-0.1, -0.05) is 26.0 Å². The fourth-order valence-electron chi connectivity index (χ4n) is 4.16. The van der Waals surface area contributed by atoms with Crippen LogP contribution in [0, 0.1) is 5.92 Å². The van der Waals surface area contributed by atoms with Gasteiger partial charge in [0.05, 0.1) is 25.8 Å².